The van der Waals surface area contributed by atoms with Gasteiger partial charge in [0, 0.05) is 12.8 Å². The van der Waals surface area contributed by atoms with Crippen LogP contribution in [0.15, 0.2) is 24.3 Å². The second kappa shape index (κ2) is 8.67. The van der Waals surface area contributed by atoms with Crippen LogP contribution in [0.25, 0.3) is 0 Å². The zero-order valence-corrected chi connectivity index (χ0v) is 17.3. The molecule has 1 saturated heterocycles. The number of hydrogen-bond donors (Lipinski definition) is 1. The molecule has 9 heteroatoms. The van der Waals surface area contributed by atoms with Gasteiger partial charge in [-0.05, 0) is 45.0 Å². The number of fused-ring (bicyclic) bond motifs is 1. The number of nitrogens with zero attached hydrogens (tertiary/aromatic N) is 1. The van der Waals surface area contributed by atoms with Crippen molar-refractivity contribution < 1.29 is 22.7 Å². The van der Waals surface area contributed by atoms with Crippen molar-refractivity contribution in [2.75, 3.05) is 39.0 Å². The lowest BCUT2D eigenvalue weighted by molar-refractivity contribution is -0.136. The third-order valence-electron chi connectivity index (χ3n) is 5.17. The quantitative estimate of drug-likeness (QED) is 0.775. The number of benzene rings is 1. The third-order valence-corrected chi connectivity index (χ3v) is 7.17. The van der Waals surface area contributed by atoms with Crippen LogP contribution in [0.1, 0.15) is 19.8 Å². The first-order chi connectivity index (χ1) is 12.4. The summed E-state index contributed by atoms with van der Waals surface area (Å²) in [5, 5.41) is 3.14. The first-order valence-electron chi connectivity index (χ1n) is 8.95. The van der Waals surface area contributed by atoms with Crippen LogP contribution >= 0.6 is 12.4 Å². The van der Waals surface area contributed by atoms with Gasteiger partial charge in [-0.2, -0.15) is 0 Å². The van der Waals surface area contributed by atoms with Crippen molar-refractivity contribution in [1.82, 2.24) is 10.2 Å². The first kappa shape index (κ1) is 21.8. The molecule has 2 heterocycles. The summed E-state index contributed by atoms with van der Waals surface area (Å²) in [6, 6.07) is 7.39. The number of ether oxygens (including phenoxy) is 2. The van der Waals surface area contributed by atoms with Crippen LogP contribution in [0.3, 0.4) is 0 Å². The van der Waals surface area contributed by atoms with Crippen molar-refractivity contribution in [2.45, 2.75) is 30.6 Å². The second-order valence-corrected chi connectivity index (χ2v) is 9.18. The summed E-state index contributed by atoms with van der Waals surface area (Å²) in [5.74, 6) is 1.00. The van der Waals surface area contributed by atoms with Crippen LogP contribution in [0.2, 0.25) is 0 Å². The van der Waals surface area contributed by atoms with Crippen LogP contribution in [-0.2, 0) is 14.6 Å². The Kier molecular flexibility index (Phi) is 6.99. The normalized spacial score (nSPS) is 21.0. The average Bonchev–Trinajstić information content (AvgIpc) is 2.65. The van der Waals surface area contributed by atoms with E-state index in [1.54, 1.807) is 4.90 Å². The number of para-hydroxylation sites is 2. The van der Waals surface area contributed by atoms with E-state index in [1.807, 2.05) is 31.2 Å². The molecule has 0 spiro atoms. The highest BCUT2D eigenvalue weighted by Crippen LogP contribution is 2.33. The number of halogens is 1. The molecule has 1 fully saturated rings. The predicted octanol–water partition coefficient (Wildman–Crippen LogP) is 1.26. The lowest BCUT2D eigenvalue weighted by atomic mass is 9.95. The molecule has 0 radical (unpaired) electrons. The highest BCUT2D eigenvalue weighted by molar-refractivity contribution is 7.92. The molecule has 1 aromatic rings. The monoisotopic (exact) mass is 418 g/mol. The van der Waals surface area contributed by atoms with Gasteiger partial charge in [-0.15, -0.1) is 12.4 Å². The molecule has 1 unspecified atom stereocenters. The lowest BCUT2D eigenvalue weighted by Gasteiger charge is -2.39. The van der Waals surface area contributed by atoms with E-state index >= 15 is 0 Å². The fourth-order valence-electron chi connectivity index (χ4n) is 3.62. The summed E-state index contributed by atoms with van der Waals surface area (Å²) in [4.78, 5) is 14.8. The van der Waals surface area contributed by atoms with Crippen molar-refractivity contribution in [3.8, 4) is 11.5 Å². The SMILES string of the molecule is CCN(CC1COc2ccccc2O1)C(=O)C1(S(C)(=O)=O)CCNCC1.Cl. The largest absolute Gasteiger partial charge is 0.486 e. The molecule has 1 atom stereocenters. The van der Waals surface area contributed by atoms with Crippen molar-refractivity contribution in [3.05, 3.63) is 24.3 Å². The van der Waals surface area contributed by atoms with Crippen molar-refractivity contribution in [3.63, 3.8) is 0 Å². The zero-order valence-electron chi connectivity index (χ0n) is 15.6. The maximum Gasteiger partial charge on any atom is 0.244 e. The van der Waals surface area contributed by atoms with Crippen LogP contribution in [0.4, 0.5) is 0 Å². The summed E-state index contributed by atoms with van der Waals surface area (Å²) in [6.45, 7) is 3.94. The number of hydrogen-bond acceptors (Lipinski definition) is 6. The number of likely N-dealkylation sites (N-methyl/N-ethyl adjacent to an activating group) is 1. The number of nitrogens with one attached hydrogen (secondary N) is 1. The molecule has 1 amide bonds. The van der Waals surface area contributed by atoms with Gasteiger partial charge in [0.15, 0.2) is 32.2 Å². The van der Waals surface area contributed by atoms with Crippen molar-refractivity contribution in [1.29, 1.82) is 0 Å². The van der Waals surface area contributed by atoms with E-state index < -0.39 is 14.6 Å². The molecule has 3 rings (SSSR count). The Hall–Kier alpha value is -1.51. The summed E-state index contributed by atoms with van der Waals surface area (Å²) in [5.41, 5.74) is 0. The standard InChI is InChI=1S/C18H26N2O5S.ClH/c1-3-20(12-14-13-24-15-6-4-5-7-16(15)25-14)17(21)18(26(2,22)23)8-10-19-11-9-18;/h4-7,14,19H,3,8-13H2,1-2H3;1H. The Balaban J connectivity index is 0.00000261. The molecule has 0 aliphatic carbocycles. The molecule has 2 aliphatic rings. The lowest BCUT2D eigenvalue weighted by Crippen LogP contribution is -2.59. The van der Waals surface area contributed by atoms with E-state index in [2.05, 4.69) is 5.32 Å². The van der Waals surface area contributed by atoms with E-state index in [9.17, 15) is 13.2 Å². The fourth-order valence-corrected chi connectivity index (χ4v) is 5.01. The fraction of sp³-hybridized carbons (Fsp3) is 0.611. The Morgan fingerprint density at radius 1 is 1.26 bits per heavy atom. The number of carbonyl (C=O) groups excluding carboxylic acids is 1. The van der Waals surface area contributed by atoms with Crippen LogP contribution in [0.5, 0.6) is 11.5 Å². The van der Waals surface area contributed by atoms with Gasteiger partial charge in [0.05, 0.1) is 6.54 Å². The van der Waals surface area contributed by atoms with E-state index in [0.29, 0.717) is 57.1 Å². The Morgan fingerprint density at radius 2 is 1.89 bits per heavy atom. The second-order valence-electron chi connectivity index (χ2n) is 6.86. The number of piperidine rings is 1. The van der Waals surface area contributed by atoms with Gasteiger partial charge in [0.1, 0.15) is 6.61 Å². The molecule has 2 aliphatic heterocycles. The maximum absolute atomic E-state index is 13.2. The average molecular weight is 419 g/mol. The van der Waals surface area contributed by atoms with Gasteiger partial charge in [-0.25, -0.2) is 8.42 Å². The van der Waals surface area contributed by atoms with Crippen LogP contribution in [0, 0.1) is 0 Å². The molecular weight excluding hydrogens is 392 g/mol. The third kappa shape index (κ3) is 4.33. The van der Waals surface area contributed by atoms with Gasteiger partial charge in [0.2, 0.25) is 5.91 Å². The smallest absolute Gasteiger partial charge is 0.244 e. The van der Waals surface area contributed by atoms with Gasteiger partial charge in [-0.3, -0.25) is 4.79 Å². The molecule has 0 aromatic heterocycles. The number of sulfone groups is 1. The van der Waals surface area contributed by atoms with Crippen LogP contribution in [-0.4, -0.2) is 69.1 Å². The van der Waals surface area contributed by atoms with E-state index in [-0.39, 0.29) is 24.4 Å². The number of carbonyl (C=O) groups is 1. The maximum atomic E-state index is 13.2. The van der Waals surface area contributed by atoms with Crippen molar-refractivity contribution in [2.24, 2.45) is 0 Å². The first-order valence-corrected chi connectivity index (χ1v) is 10.8. The van der Waals surface area contributed by atoms with Gasteiger partial charge < -0.3 is 19.7 Å². The number of amides is 1. The summed E-state index contributed by atoms with van der Waals surface area (Å²) < 4.78 is 35.3. The summed E-state index contributed by atoms with van der Waals surface area (Å²) in [7, 11) is -3.53. The molecule has 27 heavy (non-hydrogen) atoms. The Labute approximate surface area is 166 Å². The highest BCUT2D eigenvalue weighted by Gasteiger charge is 2.50. The zero-order chi connectivity index (χ0) is 18.8. The van der Waals surface area contributed by atoms with E-state index in [4.69, 9.17) is 9.47 Å². The topological polar surface area (TPSA) is 84.9 Å². The minimum Gasteiger partial charge on any atom is -0.486 e. The van der Waals surface area contributed by atoms with Crippen LogP contribution < -0.4 is 14.8 Å². The molecule has 1 aromatic carbocycles. The van der Waals surface area contributed by atoms with Gasteiger partial charge in [-0.1, -0.05) is 12.1 Å². The summed E-state index contributed by atoms with van der Waals surface area (Å²) >= 11 is 0. The molecular formula is C18H27ClN2O5S. The molecule has 7 nitrogen and oxygen atoms in total. The Morgan fingerprint density at radius 3 is 2.48 bits per heavy atom. The van der Waals surface area contributed by atoms with E-state index in [1.165, 1.54) is 6.26 Å². The summed E-state index contributed by atoms with van der Waals surface area (Å²) in [6.07, 6.45) is 1.44. The molecule has 1 N–H and O–H groups in total. The highest BCUT2D eigenvalue weighted by atomic mass is 35.5. The molecule has 0 bridgehead atoms. The number of rotatable bonds is 5. The predicted molar refractivity (Wildman–Crippen MR) is 106 cm³/mol. The Bertz CT molecular complexity index is 765. The molecule has 152 valence electrons. The van der Waals surface area contributed by atoms with Crippen molar-refractivity contribution >= 4 is 28.2 Å². The van der Waals surface area contributed by atoms with Gasteiger partial charge in [0.25, 0.3) is 0 Å². The van der Waals surface area contributed by atoms with E-state index in [0.717, 1.165) is 0 Å². The molecule has 0 saturated carbocycles. The minimum atomic E-state index is -3.53. The minimum absolute atomic E-state index is 0. The van der Waals surface area contributed by atoms with Gasteiger partial charge >= 0.3 is 0 Å².